The molecule has 0 saturated heterocycles. The summed E-state index contributed by atoms with van der Waals surface area (Å²) in [4.78, 5) is 0. The molecule has 1 aliphatic heterocycles. The maximum absolute atomic E-state index is 9.40. The lowest BCUT2D eigenvalue weighted by Crippen LogP contribution is -2.47. The standard InChI is InChI=1S/C12H9ClN4/c1-11-4-2-3-9(11)17-10(13)8(5-14)12(11,6-15)7-16/h3,17H,2,4H2,1H3. The zero-order chi connectivity index (χ0) is 12.7. The summed E-state index contributed by atoms with van der Waals surface area (Å²) in [7, 11) is 0. The lowest BCUT2D eigenvalue weighted by atomic mass is 9.59. The predicted octanol–water partition coefficient (Wildman–Crippen LogP) is 2.28. The Morgan fingerprint density at radius 2 is 2.00 bits per heavy atom. The van der Waals surface area contributed by atoms with Crippen LogP contribution in [0.25, 0.3) is 0 Å². The Morgan fingerprint density at radius 1 is 1.35 bits per heavy atom. The van der Waals surface area contributed by atoms with Crippen LogP contribution in [0, 0.1) is 44.8 Å². The normalized spacial score (nSPS) is 29.2. The van der Waals surface area contributed by atoms with Crippen LogP contribution in [0.3, 0.4) is 0 Å². The summed E-state index contributed by atoms with van der Waals surface area (Å²) in [5.41, 5.74) is -1.39. The molecule has 0 amide bonds. The van der Waals surface area contributed by atoms with Crippen LogP contribution in [0.1, 0.15) is 19.8 Å². The van der Waals surface area contributed by atoms with Gasteiger partial charge in [0.2, 0.25) is 0 Å². The molecule has 2 aliphatic rings. The van der Waals surface area contributed by atoms with Crippen molar-refractivity contribution < 1.29 is 0 Å². The summed E-state index contributed by atoms with van der Waals surface area (Å²) >= 11 is 5.96. The summed E-state index contributed by atoms with van der Waals surface area (Å²) in [6, 6.07) is 5.90. The minimum Gasteiger partial charge on any atom is -0.348 e. The molecule has 4 nitrogen and oxygen atoms in total. The first-order valence-corrected chi connectivity index (χ1v) is 5.54. The highest BCUT2D eigenvalue weighted by Crippen LogP contribution is 2.57. The van der Waals surface area contributed by atoms with Gasteiger partial charge in [0.1, 0.15) is 16.8 Å². The Labute approximate surface area is 104 Å². The molecule has 5 heteroatoms. The quantitative estimate of drug-likeness (QED) is 0.663. The lowest BCUT2D eigenvalue weighted by molar-refractivity contribution is 0.238. The average molecular weight is 245 g/mol. The highest BCUT2D eigenvalue weighted by Gasteiger charge is 2.59. The van der Waals surface area contributed by atoms with E-state index in [1.54, 1.807) is 0 Å². The first-order valence-electron chi connectivity index (χ1n) is 5.16. The molecule has 0 fully saturated rings. The van der Waals surface area contributed by atoms with Gasteiger partial charge in [0.25, 0.3) is 0 Å². The predicted molar refractivity (Wildman–Crippen MR) is 60.7 cm³/mol. The summed E-state index contributed by atoms with van der Waals surface area (Å²) < 4.78 is 0. The van der Waals surface area contributed by atoms with Crippen LogP contribution < -0.4 is 5.32 Å². The highest BCUT2D eigenvalue weighted by atomic mass is 35.5. The topological polar surface area (TPSA) is 83.4 Å². The fourth-order valence-electron chi connectivity index (χ4n) is 2.58. The number of rotatable bonds is 0. The summed E-state index contributed by atoms with van der Waals surface area (Å²) in [6.45, 7) is 1.83. The SMILES string of the molecule is CC12CCC=C1NC(Cl)=C(C#N)C2(C#N)C#N. The van der Waals surface area contributed by atoms with Crippen LogP contribution in [-0.4, -0.2) is 0 Å². The van der Waals surface area contributed by atoms with E-state index in [9.17, 15) is 10.5 Å². The third-order valence-corrected chi connectivity index (χ3v) is 3.98. The number of nitriles is 3. The molecule has 0 aromatic carbocycles. The summed E-state index contributed by atoms with van der Waals surface area (Å²) in [5, 5.41) is 31.0. The van der Waals surface area contributed by atoms with E-state index < -0.39 is 10.8 Å². The van der Waals surface area contributed by atoms with Gasteiger partial charge in [0.15, 0.2) is 5.41 Å². The van der Waals surface area contributed by atoms with Crippen molar-refractivity contribution in [3.05, 3.63) is 22.5 Å². The molecule has 1 aliphatic carbocycles. The second kappa shape index (κ2) is 3.52. The maximum atomic E-state index is 9.40. The van der Waals surface area contributed by atoms with Gasteiger partial charge >= 0.3 is 0 Å². The molecule has 84 valence electrons. The Kier molecular flexibility index (Phi) is 2.39. The summed E-state index contributed by atoms with van der Waals surface area (Å²) in [6.07, 6.45) is 3.36. The van der Waals surface area contributed by atoms with Gasteiger partial charge in [-0.1, -0.05) is 24.6 Å². The smallest absolute Gasteiger partial charge is 0.191 e. The molecule has 17 heavy (non-hydrogen) atoms. The van der Waals surface area contributed by atoms with Gasteiger partial charge in [0.05, 0.1) is 12.1 Å². The van der Waals surface area contributed by atoms with E-state index in [2.05, 4.69) is 5.32 Å². The Hall–Kier alpha value is -1.96. The van der Waals surface area contributed by atoms with Crippen molar-refractivity contribution >= 4 is 11.6 Å². The number of hydrogen-bond donors (Lipinski definition) is 1. The molecular formula is C12H9ClN4. The second-order valence-electron chi connectivity index (χ2n) is 4.39. The fraction of sp³-hybridized carbons (Fsp3) is 0.417. The van der Waals surface area contributed by atoms with E-state index in [-0.39, 0.29) is 10.7 Å². The number of halogens is 1. The van der Waals surface area contributed by atoms with Crippen molar-refractivity contribution in [3.63, 3.8) is 0 Å². The lowest BCUT2D eigenvalue weighted by Gasteiger charge is -2.42. The van der Waals surface area contributed by atoms with Gasteiger partial charge in [-0.2, -0.15) is 15.8 Å². The molecule has 0 aromatic rings. The minimum atomic E-state index is -1.49. The van der Waals surface area contributed by atoms with Crippen molar-refractivity contribution in [2.75, 3.05) is 0 Å². The zero-order valence-corrected chi connectivity index (χ0v) is 9.97. The van der Waals surface area contributed by atoms with Gasteiger partial charge in [-0.15, -0.1) is 0 Å². The Bertz CT molecular complexity index is 553. The largest absolute Gasteiger partial charge is 0.348 e. The van der Waals surface area contributed by atoms with E-state index >= 15 is 0 Å². The molecule has 1 unspecified atom stereocenters. The van der Waals surface area contributed by atoms with E-state index in [4.69, 9.17) is 16.9 Å². The molecule has 1 atom stereocenters. The zero-order valence-electron chi connectivity index (χ0n) is 9.21. The van der Waals surface area contributed by atoms with Crippen LogP contribution >= 0.6 is 11.6 Å². The first-order chi connectivity index (χ1) is 8.05. The van der Waals surface area contributed by atoms with Crippen LogP contribution in [0.4, 0.5) is 0 Å². The average Bonchev–Trinajstić information content (AvgIpc) is 2.69. The fourth-order valence-corrected chi connectivity index (χ4v) is 2.87. The third kappa shape index (κ3) is 1.15. The van der Waals surface area contributed by atoms with Crippen LogP contribution in [0.2, 0.25) is 0 Å². The number of hydrogen-bond acceptors (Lipinski definition) is 4. The van der Waals surface area contributed by atoms with Gasteiger partial charge in [-0.25, -0.2) is 0 Å². The van der Waals surface area contributed by atoms with E-state index in [1.165, 1.54) is 0 Å². The van der Waals surface area contributed by atoms with E-state index in [0.717, 1.165) is 12.1 Å². The monoisotopic (exact) mass is 244 g/mol. The van der Waals surface area contributed by atoms with Crippen LogP contribution in [0.5, 0.6) is 0 Å². The first kappa shape index (κ1) is 11.5. The molecule has 2 rings (SSSR count). The molecule has 0 aromatic heterocycles. The van der Waals surface area contributed by atoms with Crippen molar-refractivity contribution in [2.45, 2.75) is 19.8 Å². The van der Waals surface area contributed by atoms with Gasteiger partial charge in [-0.3, -0.25) is 0 Å². The van der Waals surface area contributed by atoms with E-state index in [1.807, 2.05) is 31.2 Å². The minimum absolute atomic E-state index is 0.0192. The maximum Gasteiger partial charge on any atom is 0.191 e. The Morgan fingerprint density at radius 3 is 2.53 bits per heavy atom. The van der Waals surface area contributed by atoms with Crippen LogP contribution in [-0.2, 0) is 0 Å². The Balaban J connectivity index is 2.79. The molecule has 0 spiro atoms. The number of fused-ring (bicyclic) bond motifs is 1. The van der Waals surface area contributed by atoms with Crippen LogP contribution in [0.15, 0.2) is 22.5 Å². The van der Waals surface area contributed by atoms with E-state index in [0.29, 0.717) is 6.42 Å². The molecule has 0 radical (unpaired) electrons. The van der Waals surface area contributed by atoms with Crippen molar-refractivity contribution in [1.82, 2.24) is 5.32 Å². The molecule has 1 N–H and O–H groups in total. The summed E-state index contributed by atoms with van der Waals surface area (Å²) in [5.74, 6) is 0. The molecule has 1 heterocycles. The number of allylic oxidation sites excluding steroid dienone is 3. The number of nitrogens with one attached hydrogen (secondary N) is 1. The van der Waals surface area contributed by atoms with Gasteiger partial charge in [-0.05, 0) is 12.8 Å². The number of nitrogens with zero attached hydrogens (tertiary/aromatic N) is 3. The van der Waals surface area contributed by atoms with Crippen molar-refractivity contribution in [2.24, 2.45) is 10.8 Å². The molecule has 0 saturated carbocycles. The highest BCUT2D eigenvalue weighted by molar-refractivity contribution is 6.30. The van der Waals surface area contributed by atoms with Gasteiger partial charge < -0.3 is 5.32 Å². The third-order valence-electron chi connectivity index (χ3n) is 3.70. The van der Waals surface area contributed by atoms with Crippen molar-refractivity contribution in [1.29, 1.82) is 15.8 Å². The molecule has 0 bridgehead atoms. The van der Waals surface area contributed by atoms with Crippen molar-refractivity contribution in [3.8, 4) is 18.2 Å². The van der Waals surface area contributed by atoms with Gasteiger partial charge in [0, 0.05) is 11.1 Å². The second-order valence-corrected chi connectivity index (χ2v) is 4.77. The molecular weight excluding hydrogens is 236 g/mol.